The number of benzene rings is 1. The summed E-state index contributed by atoms with van der Waals surface area (Å²) in [5.74, 6) is 0. The minimum atomic E-state index is 0.344. The van der Waals surface area contributed by atoms with Gasteiger partial charge in [0, 0.05) is 36.4 Å². The maximum absolute atomic E-state index is 6.24. The average molecular weight is 298 g/mol. The second-order valence-corrected chi connectivity index (χ2v) is 6.14. The lowest BCUT2D eigenvalue weighted by atomic mass is 10.1. The van der Waals surface area contributed by atoms with Gasteiger partial charge in [0.2, 0.25) is 0 Å². The van der Waals surface area contributed by atoms with Crippen LogP contribution < -0.4 is 10.6 Å². The molecule has 1 aromatic rings. The number of hydrogen-bond acceptors (Lipinski definition) is 3. The van der Waals surface area contributed by atoms with Gasteiger partial charge in [-0.05, 0) is 39.1 Å². The molecule has 2 N–H and O–H groups in total. The van der Waals surface area contributed by atoms with E-state index in [1.807, 2.05) is 18.2 Å². The maximum atomic E-state index is 6.24. The molecule has 2 rings (SSSR count). The summed E-state index contributed by atoms with van der Waals surface area (Å²) in [6.07, 6.45) is 0. The van der Waals surface area contributed by atoms with Gasteiger partial charge in [-0.3, -0.25) is 4.90 Å². The van der Waals surface area contributed by atoms with Crippen molar-refractivity contribution in [2.45, 2.75) is 25.9 Å². The summed E-state index contributed by atoms with van der Waals surface area (Å²) in [5.41, 5.74) is 7.51. The first kappa shape index (κ1) is 14.6. The summed E-state index contributed by atoms with van der Waals surface area (Å²) < 4.78 is 0. The average Bonchev–Trinajstić information content (AvgIpc) is 2.34. The number of anilines is 1. The van der Waals surface area contributed by atoms with Crippen molar-refractivity contribution in [3.63, 3.8) is 0 Å². The van der Waals surface area contributed by atoms with Gasteiger partial charge in [-0.2, -0.15) is 0 Å². The van der Waals surface area contributed by atoms with E-state index in [9.17, 15) is 0 Å². The number of nitrogens with zero attached hydrogens (tertiary/aromatic N) is 2. The van der Waals surface area contributed by atoms with E-state index in [0.717, 1.165) is 24.3 Å². The van der Waals surface area contributed by atoms with E-state index in [0.29, 0.717) is 22.1 Å². The summed E-state index contributed by atoms with van der Waals surface area (Å²) in [6.45, 7) is 6.49. The molecule has 1 fully saturated rings. The highest BCUT2D eigenvalue weighted by Gasteiger charge is 2.26. The monoisotopic (exact) mass is 297 g/mol. The second kappa shape index (κ2) is 5.65. The van der Waals surface area contributed by atoms with Crippen molar-refractivity contribution in [1.82, 2.24) is 4.90 Å². The van der Waals surface area contributed by atoms with Gasteiger partial charge in [0.15, 0.2) is 0 Å². The molecule has 0 saturated carbocycles. The minimum absolute atomic E-state index is 0.344. The SMILES string of the molecule is CC1CN(c2ccc(C(N)=S)c(Cl)c2)CC(C)N1C. The zero-order valence-corrected chi connectivity index (χ0v) is 13.1. The Hall–Kier alpha value is -0.840. The summed E-state index contributed by atoms with van der Waals surface area (Å²) in [4.78, 5) is 5.11. The molecule has 2 atom stereocenters. The van der Waals surface area contributed by atoms with Crippen molar-refractivity contribution in [2.75, 3.05) is 25.0 Å². The van der Waals surface area contributed by atoms with Crippen LogP contribution in [0, 0.1) is 0 Å². The van der Waals surface area contributed by atoms with Crippen LogP contribution in [0.5, 0.6) is 0 Å². The van der Waals surface area contributed by atoms with Gasteiger partial charge in [-0.15, -0.1) is 0 Å². The van der Waals surface area contributed by atoms with Crippen LogP contribution in [0.3, 0.4) is 0 Å². The van der Waals surface area contributed by atoms with Gasteiger partial charge in [0.1, 0.15) is 4.99 Å². The first-order valence-corrected chi connectivity index (χ1v) is 7.25. The Morgan fingerprint density at radius 3 is 2.37 bits per heavy atom. The fourth-order valence-electron chi connectivity index (χ4n) is 2.52. The predicted octanol–water partition coefficient (Wildman–Crippen LogP) is 2.50. The fourth-order valence-corrected chi connectivity index (χ4v) is 3.03. The van der Waals surface area contributed by atoms with Crippen molar-refractivity contribution in [3.8, 4) is 0 Å². The third-order valence-corrected chi connectivity index (χ3v) is 4.48. The van der Waals surface area contributed by atoms with Crippen molar-refractivity contribution in [1.29, 1.82) is 0 Å². The molecule has 5 heteroatoms. The molecule has 2 unspecified atom stereocenters. The van der Waals surface area contributed by atoms with Gasteiger partial charge in [0.25, 0.3) is 0 Å². The van der Waals surface area contributed by atoms with Crippen molar-refractivity contribution < 1.29 is 0 Å². The second-order valence-electron chi connectivity index (χ2n) is 5.30. The highest BCUT2D eigenvalue weighted by molar-refractivity contribution is 7.80. The molecule has 3 nitrogen and oxygen atoms in total. The molecule has 0 spiro atoms. The molecule has 1 saturated heterocycles. The van der Waals surface area contributed by atoms with E-state index in [-0.39, 0.29) is 0 Å². The molecule has 0 bridgehead atoms. The number of piperazine rings is 1. The van der Waals surface area contributed by atoms with Crippen molar-refractivity contribution in [3.05, 3.63) is 28.8 Å². The van der Waals surface area contributed by atoms with Gasteiger partial charge in [-0.1, -0.05) is 23.8 Å². The molecule has 104 valence electrons. The summed E-state index contributed by atoms with van der Waals surface area (Å²) in [5, 5.41) is 0.629. The van der Waals surface area contributed by atoms with E-state index in [1.165, 1.54) is 0 Å². The van der Waals surface area contributed by atoms with Gasteiger partial charge >= 0.3 is 0 Å². The normalized spacial score (nSPS) is 24.5. The lowest BCUT2D eigenvalue weighted by molar-refractivity contribution is 0.170. The van der Waals surface area contributed by atoms with Crippen molar-refractivity contribution >= 4 is 34.5 Å². The van der Waals surface area contributed by atoms with Gasteiger partial charge in [0.05, 0.1) is 5.02 Å². The third kappa shape index (κ3) is 3.02. The van der Waals surface area contributed by atoms with Crippen LogP contribution in [0.4, 0.5) is 5.69 Å². The Bertz CT molecular complexity index is 480. The number of thiocarbonyl (C=S) groups is 1. The summed E-state index contributed by atoms with van der Waals surface area (Å²) >= 11 is 11.2. The molecule has 0 aromatic heterocycles. The van der Waals surface area contributed by atoms with E-state index < -0.39 is 0 Å². The molecule has 1 aliphatic heterocycles. The largest absolute Gasteiger partial charge is 0.389 e. The lowest BCUT2D eigenvalue weighted by Gasteiger charge is -2.43. The van der Waals surface area contributed by atoms with E-state index >= 15 is 0 Å². The maximum Gasteiger partial charge on any atom is 0.105 e. The van der Waals surface area contributed by atoms with Crippen LogP contribution in [0.15, 0.2) is 18.2 Å². The third-order valence-electron chi connectivity index (χ3n) is 3.94. The quantitative estimate of drug-likeness (QED) is 0.850. The van der Waals surface area contributed by atoms with Crippen LogP contribution in [0.25, 0.3) is 0 Å². The number of likely N-dealkylation sites (N-methyl/N-ethyl adjacent to an activating group) is 1. The van der Waals surface area contributed by atoms with E-state index in [2.05, 4.69) is 30.7 Å². The Kier molecular flexibility index (Phi) is 4.33. The molecule has 1 aromatic carbocycles. The smallest absolute Gasteiger partial charge is 0.105 e. The minimum Gasteiger partial charge on any atom is -0.389 e. The molecular weight excluding hydrogens is 278 g/mol. The zero-order chi connectivity index (χ0) is 14.2. The first-order valence-electron chi connectivity index (χ1n) is 6.46. The molecule has 19 heavy (non-hydrogen) atoms. The van der Waals surface area contributed by atoms with Crippen LogP contribution >= 0.6 is 23.8 Å². The fraction of sp³-hybridized carbons (Fsp3) is 0.500. The molecular formula is C14H20ClN3S. The van der Waals surface area contributed by atoms with Crippen molar-refractivity contribution in [2.24, 2.45) is 5.73 Å². The Morgan fingerprint density at radius 2 is 1.89 bits per heavy atom. The van der Waals surface area contributed by atoms with Gasteiger partial charge < -0.3 is 10.6 Å². The highest BCUT2D eigenvalue weighted by Crippen LogP contribution is 2.26. The van der Waals surface area contributed by atoms with Crippen LogP contribution in [0.1, 0.15) is 19.4 Å². The molecule has 1 heterocycles. The Balaban J connectivity index is 2.23. The first-order chi connectivity index (χ1) is 8.90. The summed E-state index contributed by atoms with van der Waals surface area (Å²) in [7, 11) is 2.18. The molecule has 1 aliphatic rings. The van der Waals surface area contributed by atoms with Crippen LogP contribution in [0.2, 0.25) is 5.02 Å². The van der Waals surface area contributed by atoms with E-state index in [4.69, 9.17) is 29.6 Å². The predicted molar refractivity (Wildman–Crippen MR) is 86.2 cm³/mol. The number of hydrogen-bond donors (Lipinski definition) is 1. The molecule has 0 radical (unpaired) electrons. The van der Waals surface area contributed by atoms with E-state index in [1.54, 1.807) is 0 Å². The zero-order valence-electron chi connectivity index (χ0n) is 11.6. The van der Waals surface area contributed by atoms with Crippen LogP contribution in [-0.2, 0) is 0 Å². The topological polar surface area (TPSA) is 32.5 Å². The highest BCUT2D eigenvalue weighted by atomic mass is 35.5. The standard InChI is InChI=1S/C14H20ClN3S/c1-9-7-18(8-10(2)17(9)3)11-4-5-12(14(16)19)13(15)6-11/h4-6,9-10H,7-8H2,1-3H3,(H2,16,19). The number of halogens is 1. The summed E-state index contributed by atoms with van der Waals surface area (Å²) in [6, 6.07) is 6.97. The lowest BCUT2D eigenvalue weighted by Crippen LogP contribution is -2.55. The molecule has 0 aliphatic carbocycles. The number of rotatable bonds is 2. The van der Waals surface area contributed by atoms with Gasteiger partial charge in [-0.25, -0.2) is 0 Å². The Morgan fingerprint density at radius 1 is 1.32 bits per heavy atom. The Labute approximate surface area is 125 Å². The number of nitrogens with two attached hydrogens (primary N) is 1. The van der Waals surface area contributed by atoms with Crippen LogP contribution in [-0.4, -0.2) is 42.1 Å². The molecule has 0 amide bonds.